The molecule has 0 fully saturated rings. The van der Waals surface area contributed by atoms with Crippen LogP contribution in [0.1, 0.15) is 18.5 Å². The summed E-state index contributed by atoms with van der Waals surface area (Å²) in [5, 5.41) is 9.49. The maximum absolute atomic E-state index is 12.6. The van der Waals surface area contributed by atoms with Crippen LogP contribution in [0.15, 0.2) is 54.0 Å². The summed E-state index contributed by atoms with van der Waals surface area (Å²) in [5.41, 5.74) is 2.00. The average Bonchev–Trinajstić information content (AvgIpc) is 3.13. The van der Waals surface area contributed by atoms with E-state index in [2.05, 4.69) is 15.4 Å². The number of hydrogen-bond donors (Lipinski definition) is 1. The van der Waals surface area contributed by atoms with Gasteiger partial charge >= 0.3 is 5.97 Å². The molecule has 2 aromatic carbocycles. The van der Waals surface area contributed by atoms with Crippen molar-refractivity contribution in [2.24, 2.45) is 0 Å². The van der Waals surface area contributed by atoms with Crippen molar-refractivity contribution in [3.63, 3.8) is 0 Å². The van der Waals surface area contributed by atoms with Crippen LogP contribution in [0.4, 0.5) is 5.95 Å². The molecule has 7 nitrogen and oxygen atoms in total. The van der Waals surface area contributed by atoms with Crippen LogP contribution >= 0.6 is 0 Å². The van der Waals surface area contributed by atoms with E-state index in [4.69, 9.17) is 9.47 Å². The minimum Gasteiger partial charge on any atom is -0.496 e. The molecule has 1 N–H and O–H groups in total. The van der Waals surface area contributed by atoms with Crippen molar-refractivity contribution in [2.45, 2.75) is 13.0 Å². The van der Waals surface area contributed by atoms with Gasteiger partial charge in [-0.2, -0.15) is 10.1 Å². The second-order valence-corrected chi connectivity index (χ2v) is 5.99. The highest BCUT2D eigenvalue weighted by molar-refractivity contribution is 5.96. The largest absolute Gasteiger partial charge is 0.496 e. The van der Waals surface area contributed by atoms with Crippen molar-refractivity contribution in [1.29, 1.82) is 0 Å². The van der Waals surface area contributed by atoms with Gasteiger partial charge in [-0.25, -0.2) is 9.48 Å². The molecule has 132 valence electrons. The Balaban J connectivity index is 2.07. The highest BCUT2D eigenvalue weighted by Crippen LogP contribution is 2.42. The third kappa shape index (κ3) is 2.32. The Kier molecular flexibility index (Phi) is 3.84. The van der Waals surface area contributed by atoms with Crippen LogP contribution in [0.3, 0.4) is 0 Å². The lowest BCUT2D eigenvalue weighted by Crippen LogP contribution is -2.29. The zero-order chi connectivity index (χ0) is 18.3. The van der Waals surface area contributed by atoms with Crippen LogP contribution in [0, 0.1) is 0 Å². The van der Waals surface area contributed by atoms with Crippen molar-refractivity contribution in [2.75, 3.05) is 19.5 Å². The number of anilines is 1. The predicted molar refractivity (Wildman–Crippen MR) is 97.0 cm³/mol. The molecular weight excluding hydrogens is 332 g/mol. The Hall–Kier alpha value is -3.35. The molecule has 0 saturated carbocycles. The predicted octanol–water partition coefficient (Wildman–Crippen LogP) is 2.90. The van der Waals surface area contributed by atoms with E-state index in [9.17, 15) is 4.79 Å². The van der Waals surface area contributed by atoms with Gasteiger partial charge in [0.05, 0.1) is 19.8 Å². The molecule has 4 rings (SSSR count). The molecule has 1 aliphatic heterocycles. The number of carbonyl (C=O) groups is 1. The van der Waals surface area contributed by atoms with E-state index in [0.717, 1.165) is 16.3 Å². The number of aromatic nitrogens is 3. The highest BCUT2D eigenvalue weighted by atomic mass is 16.5. The van der Waals surface area contributed by atoms with E-state index in [1.54, 1.807) is 11.8 Å². The fourth-order valence-electron chi connectivity index (χ4n) is 3.47. The summed E-state index contributed by atoms with van der Waals surface area (Å²) in [6, 6.07) is 11.4. The summed E-state index contributed by atoms with van der Waals surface area (Å²) >= 11 is 0. The van der Waals surface area contributed by atoms with Gasteiger partial charge < -0.3 is 14.8 Å². The van der Waals surface area contributed by atoms with Crippen molar-refractivity contribution in [1.82, 2.24) is 14.8 Å². The Labute approximate surface area is 150 Å². The first-order valence-corrected chi connectivity index (χ1v) is 8.17. The van der Waals surface area contributed by atoms with Crippen LogP contribution < -0.4 is 10.1 Å². The SMILES string of the molecule is COC(=O)C1=C(C)Nc2ncnn2C1c1c(OC)ccc2ccccc12. The van der Waals surface area contributed by atoms with Crippen LogP contribution in [0.2, 0.25) is 0 Å². The number of methoxy groups -OCH3 is 2. The fourth-order valence-corrected chi connectivity index (χ4v) is 3.47. The zero-order valence-electron chi connectivity index (χ0n) is 14.7. The number of nitrogens with one attached hydrogen (secondary N) is 1. The second kappa shape index (κ2) is 6.18. The van der Waals surface area contributed by atoms with Gasteiger partial charge in [-0.3, -0.25) is 0 Å². The maximum Gasteiger partial charge on any atom is 0.338 e. The molecule has 0 radical (unpaired) electrons. The van der Waals surface area contributed by atoms with Gasteiger partial charge in [-0.1, -0.05) is 30.3 Å². The first-order chi connectivity index (χ1) is 12.7. The summed E-state index contributed by atoms with van der Waals surface area (Å²) in [6.07, 6.45) is 1.46. The average molecular weight is 350 g/mol. The normalized spacial score (nSPS) is 16.2. The van der Waals surface area contributed by atoms with Gasteiger partial charge in [0.1, 0.15) is 18.1 Å². The molecule has 0 amide bonds. The molecular formula is C19H18N4O3. The molecule has 0 saturated heterocycles. The topological polar surface area (TPSA) is 78.3 Å². The minimum absolute atomic E-state index is 0.420. The van der Waals surface area contributed by atoms with Crippen molar-refractivity contribution >= 4 is 22.7 Å². The number of hydrogen-bond acceptors (Lipinski definition) is 6. The van der Waals surface area contributed by atoms with Gasteiger partial charge in [-0.15, -0.1) is 0 Å². The van der Waals surface area contributed by atoms with Crippen LogP contribution in [0.25, 0.3) is 10.8 Å². The molecule has 1 aliphatic rings. The third-order valence-electron chi connectivity index (χ3n) is 4.62. The van der Waals surface area contributed by atoms with Gasteiger partial charge in [-0.05, 0) is 23.8 Å². The van der Waals surface area contributed by atoms with Gasteiger partial charge in [0.15, 0.2) is 0 Å². The summed E-state index contributed by atoms with van der Waals surface area (Å²) in [7, 11) is 2.99. The van der Waals surface area contributed by atoms with Crippen molar-refractivity contribution in [3.05, 3.63) is 59.6 Å². The molecule has 3 aromatic rings. The quantitative estimate of drug-likeness (QED) is 0.732. The Morgan fingerprint density at radius 2 is 2.00 bits per heavy atom. The number of rotatable bonds is 3. The number of ether oxygens (including phenoxy) is 2. The Morgan fingerprint density at radius 1 is 1.19 bits per heavy atom. The summed E-state index contributed by atoms with van der Waals surface area (Å²) in [5.74, 6) is 0.817. The molecule has 26 heavy (non-hydrogen) atoms. The van der Waals surface area contributed by atoms with E-state index in [1.807, 2.05) is 43.3 Å². The van der Waals surface area contributed by atoms with E-state index in [-0.39, 0.29) is 0 Å². The molecule has 0 spiro atoms. The molecule has 1 atom stereocenters. The minimum atomic E-state index is -0.512. The number of allylic oxidation sites excluding steroid dienone is 1. The van der Waals surface area contributed by atoms with Gasteiger partial charge in [0, 0.05) is 11.3 Å². The van der Waals surface area contributed by atoms with Crippen LogP contribution in [-0.2, 0) is 9.53 Å². The smallest absolute Gasteiger partial charge is 0.338 e. The standard InChI is InChI=1S/C19H18N4O3/c1-11-15(18(24)26-3)17(23-19(22-11)20-10-21-23)16-13-7-5-4-6-12(13)8-9-14(16)25-2/h4-10,17H,1-3H3,(H,20,21,22). The van der Waals surface area contributed by atoms with Crippen LogP contribution in [-0.4, -0.2) is 35.0 Å². The molecule has 1 aromatic heterocycles. The number of fused-ring (bicyclic) bond motifs is 2. The van der Waals surface area contributed by atoms with Gasteiger partial charge in [0.2, 0.25) is 5.95 Å². The van der Waals surface area contributed by atoms with Crippen molar-refractivity contribution < 1.29 is 14.3 Å². The number of nitrogens with zero attached hydrogens (tertiary/aromatic N) is 3. The number of esters is 1. The summed E-state index contributed by atoms with van der Waals surface area (Å²) in [6.45, 7) is 1.83. The number of benzene rings is 2. The van der Waals surface area contributed by atoms with Crippen LogP contribution in [0.5, 0.6) is 5.75 Å². The Bertz CT molecular complexity index is 1040. The monoisotopic (exact) mass is 350 g/mol. The second-order valence-electron chi connectivity index (χ2n) is 5.99. The zero-order valence-corrected chi connectivity index (χ0v) is 14.7. The Morgan fingerprint density at radius 3 is 2.77 bits per heavy atom. The van der Waals surface area contributed by atoms with E-state index in [0.29, 0.717) is 23.0 Å². The molecule has 0 bridgehead atoms. The highest BCUT2D eigenvalue weighted by Gasteiger charge is 2.36. The third-order valence-corrected chi connectivity index (χ3v) is 4.62. The summed E-state index contributed by atoms with van der Waals surface area (Å²) < 4.78 is 12.4. The van der Waals surface area contributed by atoms with E-state index >= 15 is 0 Å². The lowest BCUT2D eigenvalue weighted by atomic mass is 9.90. The molecule has 1 unspecified atom stereocenters. The lowest BCUT2D eigenvalue weighted by Gasteiger charge is -2.29. The molecule has 2 heterocycles. The molecule has 7 heteroatoms. The van der Waals surface area contributed by atoms with Crippen molar-refractivity contribution in [3.8, 4) is 5.75 Å². The fraction of sp³-hybridized carbons (Fsp3) is 0.211. The summed E-state index contributed by atoms with van der Waals surface area (Å²) in [4.78, 5) is 16.9. The first-order valence-electron chi connectivity index (χ1n) is 8.17. The van der Waals surface area contributed by atoms with Gasteiger partial charge in [0.25, 0.3) is 0 Å². The van der Waals surface area contributed by atoms with E-state index < -0.39 is 12.0 Å². The van der Waals surface area contributed by atoms with E-state index in [1.165, 1.54) is 13.4 Å². The first kappa shape index (κ1) is 16.1. The number of carbonyl (C=O) groups excluding carboxylic acids is 1. The maximum atomic E-state index is 12.6. The molecule has 0 aliphatic carbocycles. The lowest BCUT2D eigenvalue weighted by molar-refractivity contribution is -0.136.